The van der Waals surface area contributed by atoms with E-state index in [0.29, 0.717) is 12.3 Å². The topological polar surface area (TPSA) is 49.3 Å². The molecular weight excluding hydrogens is 214 g/mol. The van der Waals surface area contributed by atoms with Crippen molar-refractivity contribution in [3.63, 3.8) is 0 Å². The van der Waals surface area contributed by atoms with Crippen LogP contribution < -0.4 is 5.32 Å². The van der Waals surface area contributed by atoms with Crippen molar-refractivity contribution in [2.45, 2.75) is 58.9 Å². The van der Waals surface area contributed by atoms with E-state index in [1.807, 2.05) is 0 Å². The Morgan fingerprint density at radius 3 is 2.35 bits per heavy atom. The van der Waals surface area contributed by atoms with Gasteiger partial charge in [0.15, 0.2) is 0 Å². The molecule has 1 aliphatic carbocycles. The van der Waals surface area contributed by atoms with E-state index < -0.39 is 0 Å². The predicted molar refractivity (Wildman–Crippen MR) is 69.6 cm³/mol. The third-order valence-electron chi connectivity index (χ3n) is 3.96. The second-order valence-corrected chi connectivity index (χ2v) is 5.83. The Kier molecular flexibility index (Phi) is 5.96. The first-order valence-electron chi connectivity index (χ1n) is 6.95. The maximum atomic E-state index is 12.1. The van der Waals surface area contributed by atoms with Crippen molar-refractivity contribution in [3.05, 3.63) is 0 Å². The van der Waals surface area contributed by atoms with Crippen molar-refractivity contribution in [1.82, 2.24) is 5.32 Å². The zero-order valence-corrected chi connectivity index (χ0v) is 11.4. The molecule has 0 saturated heterocycles. The highest BCUT2D eigenvalue weighted by Gasteiger charge is 2.26. The Morgan fingerprint density at radius 2 is 1.88 bits per heavy atom. The van der Waals surface area contributed by atoms with Crippen LogP contribution in [-0.4, -0.2) is 23.7 Å². The Bertz CT molecular complexity index is 232. The minimum Gasteiger partial charge on any atom is -0.396 e. The van der Waals surface area contributed by atoms with Gasteiger partial charge in [-0.05, 0) is 43.9 Å². The summed E-state index contributed by atoms with van der Waals surface area (Å²) in [5, 5.41) is 12.1. The van der Waals surface area contributed by atoms with Gasteiger partial charge in [-0.1, -0.05) is 20.8 Å². The van der Waals surface area contributed by atoms with E-state index in [1.54, 1.807) is 0 Å². The highest BCUT2D eigenvalue weighted by Crippen LogP contribution is 2.28. The predicted octanol–water partition coefficient (Wildman–Crippen LogP) is 2.34. The molecule has 0 aromatic rings. The molecular formula is C14H27NO2. The maximum absolute atomic E-state index is 12.1. The molecule has 3 nitrogen and oxygen atoms in total. The van der Waals surface area contributed by atoms with Gasteiger partial charge in [0.25, 0.3) is 0 Å². The molecule has 0 aliphatic heterocycles. The molecule has 1 saturated carbocycles. The SMILES string of the molecule is CC1CCC(C(=O)NC(CCO)C(C)C)CC1. The normalized spacial score (nSPS) is 26.9. The average molecular weight is 241 g/mol. The van der Waals surface area contributed by atoms with E-state index in [1.165, 1.54) is 12.8 Å². The van der Waals surface area contributed by atoms with Crippen molar-refractivity contribution in [2.75, 3.05) is 6.61 Å². The fraction of sp³-hybridized carbons (Fsp3) is 0.929. The average Bonchev–Trinajstić information content (AvgIpc) is 2.29. The monoisotopic (exact) mass is 241 g/mol. The summed E-state index contributed by atoms with van der Waals surface area (Å²) in [7, 11) is 0. The molecule has 100 valence electrons. The quantitative estimate of drug-likeness (QED) is 0.776. The van der Waals surface area contributed by atoms with Gasteiger partial charge in [0.05, 0.1) is 0 Å². The van der Waals surface area contributed by atoms with Gasteiger partial charge in [0.1, 0.15) is 0 Å². The third kappa shape index (κ3) is 4.66. The van der Waals surface area contributed by atoms with Gasteiger partial charge < -0.3 is 10.4 Å². The lowest BCUT2D eigenvalue weighted by Gasteiger charge is -2.28. The minimum absolute atomic E-state index is 0.117. The summed E-state index contributed by atoms with van der Waals surface area (Å²) >= 11 is 0. The van der Waals surface area contributed by atoms with Gasteiger partial charge in [0.2, 0.25) is 5.91 Å². The number of nitrogens with one attached hydrogen (secondary N) is 1. The summed E-state index contributed by atoms with van der Waals surface area (Å²) in [5.74, 6) is 1.56. The molecule has 0 aromatic heterocycles. The van der Waals surface area contributed by atoms with Crippen LogP contribution in [0.2, 0.25) is 0 Å². The molecule has 0 aromatic carbocycles. The van der Waals surface area contributed by atoms with Crippen molar-refractivity contribution < 1.29 is 9.90 Å². The number of rotatable bonds is 5. The Labute approximate surface area is 105 Å². The molecule has 3 heteroatoms. The molecule has 1 atom stereocenters. The van der Waals surface area contributed by atoms with Gasteiger partial charge in [-0.15, -0.1) is 0 Å². The van der Waals surface area contributed by atoms with Gasteiger partial charge in [0, 0.05) is 18.6 Å². The highest BCUT2D eigenvalue weighted by molar-refractivity contribution is 5.79. The van der Waals surface area contributed by atoms with Crippen LogP contribution in [0.4, 0.5) is 0 Å². The first-order chi connectivity index (χ1) is 8.04. The maximum Gasteiger partial charge on any atom is 0.223 e. The lowest BCUT2D eigenvalue weighted by molar-refractivity contribution is -0.127. The first-order valence-corrected chi connectivity index (χ1v) is 6.95. The first kappa shape index (κ1) is 14.5. The van der Waals surface area contributed by atoms with Crippen LogP contribution in [0, 0.1) is 17.8 Å². The van der Waals surface area contributed by atoms with E-state index in [4.69, 9.17) is 5.11 Å². The standard InChI is InChI=1S/C14H27NO2/c1-10(2)13(8-9-16)15-14(17)12-6-4-11(3)5-7-12/h10-13,16H,4-9H2,1-3H3,(H,15,17). The number of amides is 1. The minimum atomic E-state index is 0.117. The Hall–Kier alpha value is -0.570. The van der Waals surface area contributed by atoms with E-state index in [-0.39, 0.29) is 24.5 Å². The summed E-state index contributed by atoms with van der Waals surface area (Å²) in [6.45, 7) is 6.58. The zero-order chi connectivity index (χ0) is 12.8. The van der Waals surface area contributed by atoms with Gasteiger partial charge in [-0.25, -0.2) is 0 Å². The fourth-order valence-corrected chi connectivity index (χ4v) is 2.53. The lowest BCUT2D eigenvalue weighted by atomic mass is 9.82. The van der Waals surface area contributed by atoms with Crippen molar-refractivity contribution in [1.29, 1.82) is 0 Å². The second-order valence-electron chi connectivity index (χ2n) is 5.83. The van der Waals surface area contributed by atoms with Crippen LogP contribution in [0.1, 0.15) is 52.9 Å². The largest absolute Gasteiger partial charge is 0.396 e. The molecule has 0 bridgehead atoms. The van der Waals surface area contributed by atoms with Crippen LogP contribution in [0.3, 0.4) is 0 Å². The Morgan fingerprint density at radius 1 is 1.29 bits per heavy atom. The highest BCUT2D eigenvalue weighted by atomic mass is 16.3. The van der Waals surface area contributed by atoms with E-state index in [9.17, 15) is 4.79 Å². The summed E-state index contributed by atoms with van der Waals surface area (Å²) < 4.78 is 0. The molecule has 0 spiro atoms. The molecule has 1 fully saturated rings. The molecule has 1 rings (SSSR count). The van der Waals surface area contributed by atoms with Gasteiger partial charge >= 0.3 is 0 Å². The molecule has 1 amide bonds. The summed E-state index contributed by atoms with van der Waals surface area (Å²) in [6, 6.07) is 0.117. The third-order valence-corrected chi connectivity index (χ3v) is 3.96. The number of aliphatic hydroxyl groups is 1. The number of aliphatic hydroxyl groups excluding tert-OH is 1. The smallest absolute Gasteiger partial charge is 0.223 e. The zero-order valence-electron chi connectivity index (χ0n) is 11.4. The number of carbonyl (C=O) groups is 1. The van der Waals surface area contributed by atoms with Crippen LogP contribution in [0.15, 0.2) is 0 Å². The summed E-state index contributed by atoms with van der Waals surface area (Å²) in [6.07, 6.45) is 5.05. The fourth-order valence-electron chi connectivity index (χ4n) is 2.53. The molecule has 2 N–H and O–H groups in total. The summed E-state index contributed by atoms with van der Waals surface area (Å²) in [5.41, 5.74) is 0. The number of hydrogen-bond donors (Lipinski definition) is 2. The van der Waals surface area contributed by atoms with Crippen LogP contribution in [0.25, 0.3) is 0 Å². The number of carbonyl (C=O) groups excluding carboxylic acids is 1. The van der Waals surface area contributed by atoms with Crippen molar-refractivity contribution >= 4 is 5.91 Å². The molecule has 0 heterocycles. The van der Waals surface area contributed by atoms with Crippen molar-refractivity contribution in [2.24, 2.45) is 17.8 Å². The Balaban J connectivity index is 2.41. The van der Waals surface area contributed by atoms with Crippen molar-refractivity contribution in [3.8, 4) is 0 Å². The van der Waals surface area contributed by atoms with Crippen LogP contribution in [0.5, 0.6) is 0 Å². The molecule has 1 aliphatic rings. The van der Waals surface area contributed by atoms with Gasteiger partial charge in [-0.2, -0.15) is 0 Å². The molecule has 17 heavy (non-hydrogen) atoms. The molecule has 1 unspecified atom stereocenters. The lowest BCUT2D eigenvalue weighted by Crippen LogP contribution is -2.43. The van der Waals surface area contributed by atoms with E-state index in [2.05, 4.69) is 26.1 Å². The van der Waals surface area contributed by atoms with Crippen LogP contribution >= 0.6 is 0 Å². The second kappa shape index (κ2) is 7.00. The van der Waals surface area contributed by atoms with Gasteiger partial charge in [-0.3, -0.25) is 4.79 Å². The van der Waals surface area contributed by atoms with E-state index in [0.717, 1.165) is 18.8 Å². The molecule has 0 radical (unpaired) electrons. The van der Waals surface area contributed by atoms with E-state index >= 15 is 0 Å². The van der Waals surface area contributed by atoms with Crippen LogP contribution in [-0.2, 0) is 4.79 Å². The number of hydrogen-bond acceptors (Lipinski definition) is 2. The summed E-state index contributed by atoms with van der Waals surface area (Å²) in [4.78, 5) is 12.1.